The van der Waals surface area contributed by atoms with Crippen LogP contribution in [0.3, 0.4) is 0 Å². The van der Waals surface area contributed by atoms with E-state index < -0.39 is 10.0 Å². The van der Waals surface area contributed by atoms with Crippen LogP contribution in [0.2, 0.25) is 0 Å². The fourth-order valence-corrected chi connectivity index (χ4v) is 3.57. The summed E-state index contributed by atoms with van der Waals surface area (Å²) in [5, 5.41) is 9.58. The number of rotatable bonds is 3. The van der Waals surface area contributed by atoms with Crippen LogP contribution < -0.4 is 4.31 Å². The van der Waals surface area contributed by atoms with Crippen LogP contribution in [-0.4, -0.2) is 20.4 Å². The Morgan fingerprint density at radius 2 is 1.78 bits per heavy atom. The van der Waals surface area contributed by atoms with Crippen molar-refractivity contribution in [3.63, 3.8) is 0 Å². The summed E-state index contributed by atoms with van der Waals surface area (Å²) in [6.45, 7) is 0. The Labute approximate surface area is 134 Å². The van der Waals surface area contributed by atoms with Crippen molar-refractivity contribution >= 4 is 26.6 Å². The molecule has 3 rings (SSSR count). The van der Waals surface area contributed by atoms with Crippen molar-refractivity contribution in [1.82, 2.24) is 4.98 Å². The lowest BCUT2D eigenvalue weighted by atomic mass is 10.2. The van der Waals surface area contributed by atoms with E-state index in [4.69, 9.17) is 5.26 Å². The third-order valence-electron chi connectivity index (χ3n) is 3.60. The first-order chi connectivity index (χ1) is 11.0. The fraction of sp³-hybridized carbons (Fsp3) is 0.0588. The molecule has 1 heterocycles. The molecular formula is C17H13N3O2S. The normalized spacial score (nSPS) is 11.1. The van der Waals surface area contributed by atoms with Gasteiger partial charge in [-0.05, 0) is 48.5 Å². The van der Waals surface area contributed by atoms with Crippen molar-refractivity contribution in [3.8, 4) is 6.07 Å². The van der Waals surface area contributed by atoms with E-state index in [1.54, 1.807) is 24.4 Å². The van der Waals surface area contributed by atoms with Gasteiger partial charge in [0.25, 0.3) is 10.0 Å². The average molecular weight is 323 g/mol. The van der Waals surface area contributed by atoms with Gasteiger partial charge in [0.05, 0.1) is 27.7 Å². The molecule has 0 saturated heterocycles. The molecule has 0 unspecified atom stereocenters. The molecule has 3 aromatic rings. The lowest BCUT2D eigenvalue weighted by molar-refractivity contribution is 0.594. The zero-order valence-electron chi connectivity index (χ0n) is 12.3. The molecule has 23 heavy (non-hydrogen) atoms. The fourth-order valence-electron chi connectivity index (χ4n) is 2.35. The van der Waals surface area contributed by atoms with Gasteiger partial charge >= 0.3 is 0 Å². The molecule has 0 atom stereocenters. The first kappa shape index (κ1) is 15.0. The van der Waals surface area contributed by atoms with Gasteiger partial charge in [-0.3, -0.25) is 9.29 Å². The molecule has 0 N–H and O–H groups in total. The Morgan fingerprint density at radius 1 is 1.04 bits per heavy atom. The maximum absolute atomic E-state index is 12.8. The Bertz CT molecular complexity index is 1000. The number of fused-ring (bicyclic) bond motifs is 1. The van der Waals surface area contributed by atoms with Gasteiger partial charge in [0, 0.05) is 18.6 Å². The third kappa shape index (κ3) is 2.62. The molecule has 0 aliphatic rings. The summed E-state index contributed by atoms with van der Waals surface area (Å²) in [7, 11) is -2.20. The topological polar surface area (TPSA) is 74.1 Å². The molecule has 0 radical (unpaired) electrons. The smallest absolute Gasteiger partial charge is 0.264 e. The Kier molecular flexibility index (Phi) is 3.72. The van der Waals surface area contributed by atoms with Crippen LogP contribution in [0.5, 0.6) is 0 Å². The van der Waals surface area contributed by atoms with Gasteiger partial charge in [-0.15, -0.1) is 0 Å². The largest absolute Gasteiger partial charge is 0.269 e. The zero-order valence-corrected chi connectivity index (χ0v) is 13.2. The predicted molar refractivity (Wildman–Crippen MR) is 88.5 cm³/mol. The molecule has 0 fully saturated rings. The SMILES string of the molecule is CN(c1cccc2ncccc12)S(=O)(=O)c1ccc(C#N)cc1. The Morgan fingerprint density at radius 3 is 2.48 bits per heavy atom. The van der Waals surface area contributed by atoms with Gasteiger partial charge in [-0.1, -0.05) is 6.07 Å². The van der Waals surface area contributed by atoms with Crippen molar-refractivity contribution in [2.75, 3.05) is 11.4 Å². The minimum atomic E-state index is -3.71. The van der Waals surface area contributed by atoms with Gasteiger partial charge in [-0.2, -0.15) is 5.26 Å². The van der Waals surface area contributed by atoms with Gasteiger partial charge < -0.3 is 0 Å². The van der Waals surface area contributed by atoms with Crippen LogP contribution in [-0.2, 0) is 10.0 Å². The molecule has 0 bridgehead atoms. The van der Waals surface area contributed by atoms with Gasteiger partial charge in [0.15, 0.2) is 0 Å². The molecule has 6 heteroatoms. The Balaban J connectivity index is 2.10. The van der Waals surface area contributed by atoms with Crippen LogP contribution in [0, 0.1) is 11.3 Å². The summed E-state index contributed by atoms with van der Waals surface area (Å²) in [5.41, 5.74) is 1.70. The highest BCUT2D eigenvalue weighted by Gasteiger charge is 2.22. The second kappa shape index (κ2) is 5.71. The summed E-state index contributed by atoms with van der Waals surface area (Å²) in [5.74, 6) is 0. The number of sulfonamides is 1. The van der Waals surface area contributed by atoms with Gasteiger partial charge in [0.2, 0.25) is 0 Å². The molecule has 0 saturated carbocycles. The van der Waals surface area contributed by atoms with Crippen molar-refractivity contribution in [2.45, 2.75) is 4.90 Å². The van der Waals surface area contributed by atoms with Crippen LogP contribution in [0.15, 0.2) is 65.7 Å². The van der Waals surface area contributed by atoms with Crippen molar-refractivity contribution in [2.24, 2.45) is 0 Å². The minimum absolute atomic E-state index is 0.139. The van der Waals surface area contributed by atoms with E-state index in [0.717, 1.165) is 10.9 Å². The number of nitriles is 1. The zero-order chi connectivity index (χ0) is 16.4. The molecule has 5 nitrogen and oxygen atoms in total. The van der Waals surface area contributed by atoms with Crippen molar-refractivity contribution < 1.29 is 8.42 Å². The molecule has 0 aliphatic carbocycles. The van der Waals surface area contributed by atoms with E-state index in [0.29, 0.717) is 11.3 Å². The van der Waals surface area contributed by atoms with E-state index in [-0.39, 0.29) is 4.90 Å². The molecule has 1 aromatic heterocycles. The summed E-state index contributed by atoms with van der Waals surface area (Å²) in [4.78, 5) is 4.38. The maximum Gasteiger partial charge on any atom is 0.264 e. The lowest BCUT2D eigenvalue weighted by Gasteiger charge is -2.21. The number of pyridine rings is 1. The first-order valence-electron chi connectivity index (χ1n) is 6.87. The van der Waals surface area contributed by atoms with E-state index >= 15 is 0 Å². The summed E-state index contributed by atoms with van der Waals surface area (Å²) < 4.78 is 26.8. The van der Waals surface area contributed by atoms with Crippen molar-refractivity contribution in [1.29, 1.82) is 5.26 Å². The average Bonchev–Trinajstić information content (AvgIpc) is 2.60. The highest BCUT2D eigenvalue weighted by Crippen LogP contribution is 2.28. The minimum Gasteiger partial charge on any atom is -0.269 e. The monoisotopic (exact) mass is 323 g/mol. The van der Waals surface area contributed by atoms with E-state index in [9.17, 15) is 8.42 Å². The number of hydrogen-bond donors (Lipinski definition) is 0. The van der Waals surface area contributed by atoms with Crippen LogP contribution in [0.25, 0.3) is 10.9 Å². The van der Waals surface area contributed by atoms with Crippen LogP contribution >= 0.6 is 0 Å². The standard InChI is InChI=1S/C17H13N3O2S/c1-20(17-6-2-5-16-15(17)4-3-11-19-16)23(21,22)14-9-7-13(12-18)8-10-14/h2-11H,1H3. The van der Waals surface area contributed by atoms with Gasteiger partial charge in [0.1, 0.15) is 0 Å². The van der Waals surface area contributed by atoms with Crippen molar-refractivity contribution in [3.05, 3.63) is 66.4 Å². The molecule has 0 spiro atoms. The molecule has 2 aromatic carbocycles. The molecule has 114 valence electrons. The molecular weight excluding hydrogens is 310 g/mol. The van der Waals surface area contributed by atoms with E-state index in [1.165, 1.54) is 35.6 Å². The second-order valence-corrected chi connectivity index (χ2v) is 6.93. The Hall–Kier alpha value is -2.91. The second-order valence-electron chi connectivity index (χ2n) is 4.96. The van der Waals surface area contributed by atoms with E-state index in [2.05, 4.69) is 4.98 Å². The quantitative estimate of drug-likeness (QED) is 0.743. The summed E-state index contributed by atoms with van der Waals surface area (Å²) in [6.07, 6.45) is 1.67. The number of hydrogen-bond acceptors (Lipinski definition) is 4. The number of benzene rings is 2. The number of anilines is 1. The van der Waals surface area contributed by atoms with E-state index in [1.807, 2.05) is 18.2 Å². The number of aromatic nitrogens is 1. The lowest BCUT2D eigenvalue weighted by Crippen LogP contribution is -2.26. The van der Waals surface area contributed by atoms with Gasteiger partial charge in [-0.25, -0.2) is 8.42 Å². The molecule has 0 aliphatic heterocycles. The highest BCUT2D eigenvalue weighted by atomic mass is 32.2. The predicted octanol–water partition coefficient (Wildman–Crippen LogP) is 2.93. The van der Waals surface area contributed by atoms with Crippen LogP contribution in [0.1, 0.15) is 5.56 Å². The summed E-state index contributed by atoms with van der Waals surface area (Å²) in [6, 6.07) is 16.8. The summed E-state index contributed by atoms with van der Waals surface area (Å²) >= 11 is 0. The highest BCUT2D eigenvalue weighted by molar-refractivity contribution is 7.92. The third-order valence-corrected chi connectivity index (χ3v) is 5.39. The number of nitrogens with zero attached hydrogens (tertiary/aromatic N) is 3. The van der Waals surface area contributed by atoms with Crippen LogP contribution in [0.4, 0.5) is 5.69 Å². The first-order valence-corrected chi connectivity index (χ1v) is 8.31. The maximum atomic E-state index is 12.8. The molecule has 0 amide bonds.